The van der Waals surface area contributed by atoms with Crippen LogP contribution in [0.2, 0.25) is 0 Å². The molecule has 6 heteroatoms. The number of carbonyl (C=O) groups excluding carboxylic acids is 1. The Hall–Kier alpha value is -1.27. The van der Waals surface area contributed by atoms with Crippen LogP contribution in [0, 0.1) is 5.92 Å². The van der Waals surface area contributed by atoms with Crippen LogP contribution in [0.25, 0.3) is 10.2 Å². The third-order valence-corrected chi connectivity index (χ3v) is 6.60. The SMILES string of the molecule is CCOc1ccc2nc(SCC(=O)NC3CCCCC3C)sc2c1. The van der Waals surface area contributed by atoms with Gasteiger partial charge in [-0.2, -0.15) is 0 Å². The fraction of sp³-hybridized carbons (Fsp3) is 0.556. The molecule has 1 heterocycles. The standard InChI is InChI=1S/C18H24N2O2S2/c1-3-22-13-8-9-15-16(10-13)24-18(20-15)23-11-17(21)19-14-7-5-4-6-12(14)2/h8-10,12,14H,3-7,11H2,1-2H3,(H,19,21). The molecule has 0 aliphatic heterocycles. The first kappa shape index (κ1) is 17.5. The number of thioether (sulfide) groups is 1. The lowest BCUT2D eigenvalue weighted by Gasteiger charge is -2.29. The van der Waals surface area contributed by atoms with Crippen molar-refractivity contribution in [2.24, 2.45) is 5.92 Å². The van der Waals surface area contributed by atoms with Gasteiger partial charge >= 0.3 is 0 Å². The Balaban J connectivity index is 1.55. The van der Waals surface area contributed by atoms with Gasteiger partial charge < -0.3 is 10.1 Å². The van der Waals surface area contributed by atoms with Crippen LogP contribution in [-0.2, 0) is 4.79 Å². The molecule has 1 aromatic carbocycles. The van der Waals surface area contributed by atoms with E-state index in [1.807, 2.05) is 25.1 Å². The van der Waals surface area contributed by atoms with E-state index >= 15 is 0 Å². The zero-order valence-electron chi connectivity index (χ0n) is 14.2. The first-order valence-electron chi connectivity index (χ1n) is 8.61. The molecule has 1 amide bonds. The summed E-state index contributed by atoms with van der Waals surface area (Å²) < 4.78 is 7.56. The monoisotopic (exact) mass is 364 g/mol. The van der Waals surface area contributed by atoms with Gasteiger partial charge in [0.05, 0.1) is 22.6 Å². The summed E-state index contributed by atoms with van der Waals surface area (Å²) in [6.45, 7) is 4.87. The van der Waals surface area contributed by atoms with E-state index in [4.69, 9.17) is 4.74 Å². The molecule has 1 N–H and O–H groups in total. The van der Waals surface area contributed by atoms with Gasteiger partial charge in [0, 0.05) is 6.04 Å². The van der Waals surface area contributed by atoms with Crippen molar-refractivity contribution in [1.82, 2.24) is 10.3 Å². The second-order valence-electron chi connectivity index (χ2n) is 6.27. The van der Waals surface area contributed by atoms with Crippen molar-refractivity contribution in [2.75, 3.05) is 12.4 Å². The van der Waals surface area contributed by atoms with Crippen LogP contribution in [0.3, 0.4) is 0 Å². The molecule has 1 aliphatic carbocycles. The fourth-order valence-electron chi connectivity index (χ4n) is 3.11. The van der Waals surface area contributed by atoms with Crippen LogP contribution >= 0.6 is 23.1 Å². The number of aromatic nitrogens is 1. The Morgan fingerprint density at radius 3 is 3.04 bits per heavy atom. The number of carbonyl (C=O) groups is 1. The maximum Gasteiger partial charge on any atom is 0.230 e. The van der Waals surface area contributed by atoms with E-state index in [2.05, 4.69) is 17.2 Å². The van der Waals surface area contributed by atoms with Gasteiger partial charge in [-0.1, -0.05) is 31.5 Å². The van der Waals surface area contributed by atoms with E-state index in [1.54, 1.807) is 11.3 Å². The molecule has 0 saturated heterocycles. The molecule has 130 valence electrons. The quantitative estimate of drug-likeness (QED) is 0.768. The van der Waals surface area contributed by atoms with Gasteiger partial charge in [0.25, 0.3) is 0 Å². The third kappa shape index (κ3) is 4.42. The average molecular weight is 365 g/mol. The Morgan fingerprint density at radius 1 is 1.42 bits per heavy atom. The van der Waals surface area contributed by atoms with Crippen molar-refractivity contribution in [3.05, 3.63) is 18.2 Å². The molecule has 2 aromatic rings. The Kier molecular flexibility index (Phi) is 6.00. The van der Waals surface area contributed by atoms with Crippen molar-refractivity contribution in [2.45, 2.75) is 49.9 Å². The van der Waals surface area contributed by atoms with Crippen LogP contribution in [-0.4, -0.2) is 29.3 Å². The summed E-state index contributed by atoms with van der Waals surface area (Å²) in [6, 6.07) is 6.28. The van der Waals surface area contributed by atoms with E-state index < -0.39 is 0 Å². The largest absolute Gasteiger partial charge is 0.494 e. The molecule has 2 unspecified atom stereocenters. The van der Waals surface area contributed by atoms with E-state index in [9.17, 15) is 4.79 Å². The molecular weight excluding hydrogens is 340 g/mol. The number of fused-ring (bicyclic) bond motifs is 1. The average Bonchev–Trinajstić information content (AvgIpc) is 2.98. The summed E-state index contributed by atoms with van der Waals surface area (Å²) in [7, 11) is 0. The minimum absolute atomic E-state index is 0.119. The number of hydrogen-bond donors (Lipinski definition) is 1. The van der Waals surface area contributed by atoms with Crippen molar-refractivity contribution in [3.63, 3.8) is 0 Å². The number of nitrogens with one attached hydrogen (secondary N) is 1. The lowest BCUT2D eigenvalue weighted by Crippen LogP contribution is -2.41. The first-order valence-corrected chi connectivity index (χ1v) is 10.4. The first-order chi connectivity index (χ1) is 11.7. The number of benzene rings is 1. The highest BCUT2D eigenvalue weighted by Crippen LogP contribution is 2.32. The van der Waals surface area contributed by atoms with Crippen LogP contribution in [0.1, 0.15) is 39.5 Å². The van der Waals surface area contributed by atoms with Gasteiger partial charge in [-0.15, -0.1) is 11.3 Å². The summed E-state index contributed by atoms with van der Waals surface area (Å²) in [5, 5.41) is 3.20. The molecule has 1 aromatic heterocycles. The van der Waals surface area contributed by atoms with Gasteiger partial charge in [0.2, 0.25) is 5.91 Å². The molecular formula is C18H24N2O2S2. The maximum atomic E-state index is 12.2. The second kappa shape index (κ2) is 8.21. The lowest BCUT2D eigenvalue weighted by molar-refractivity contribution is -0.119. The normalized spacial score (nSPS) is 20.9. The smallest absolute Gasteiger partial charge is 0.230 e. The minimum Gasteiger partial charge on any atom is -0.494 e. The van der Waals surface area contributed by atoms with E-state index in [1.165, 1.54) is 31.0 Å². The van der Waals surface area contributed by atoms with Crippen LogP contribution in [0.5, 0.6) is 5.75 Å². The fourth-order valence-corrected chi connectivity index (χ4v) is 5.02. The summed E-state index contributed by atoms with van der Waals surface area (Å²) >= 11 is 3.14. The molecule has 3 rings (SSSR count). The maximum absolute atomic E-state index is 12.2. The molecule has 4 nitrogen and oxygen atoms in total. The topological polar surface area (TPSA) is 51.2 Å². The highest BCUT2D eigenvalue weighted by atomic mass is 32.2. The number of ether oxygens (including phenoxy) is 1. The van der Waals surface area contributed by atoms with Gasteiger partial charge in [-0.25, -0.2) is 4.98 Å². The van der Waals surface area contributed by atoms with Crippen LogP contribution < -0.4 is 10.1 Å². The van der Waals surface area contributed by atoms with E-state index in [0.29, 0.717) is 24.3 Å². The number of amides is 1. The van der Waals surface area contributed by atoms with Crippen molar-refractivity contribution in [3.8, 4) is 5.75 Å². The molecule has 0 radical (unpaired) electrons. The Bertz CT molecular complexity index is 701. The number of thiazole rings is 1. The number of nitrogens with zero attached hydrogens (tertiary/aromatic N) is 1. The summed E-state index contributed by atoms with van der Waals surface area (Å²) in [5.41, 5.74) is 0.965. The molecule has 1 aliphatic rings. The molecule has 24 heavy (non-hydrogen) atoms. The van der Waals surface area contributed by atoms with Crippen molar-refractivity contribution < 1.29 is 9.53 Å². The van der Waals surface area contributed by atoms with Gasteiger partial charge in [0.1, 0.15) is 5.75 Å². The molecule has 1 saturated carbocycles. The van der Waals surface area contributed by atoms with E-state index in [0.717, 1.165) is 26.7 Å². The van der Waals surface area contributed by atoms with Crippen molar-refractivity contribution >= 4 is 39.2 Å². The molecule has 0 bridgehead atoms. The molecule has 1 fully saturated rings. The third-order valence-electron chi connectivity index (χ3n) is 4.44. The van der Waals surface area contributed by atoms with Gasteiger partial charge in [-0.05, 0) is 43.9 Å². The summed E-state index contributed by atoms with van der Waals surface area (Å²) in [6.07, 6.45) is 4.84. The van der Waals surface area contributed by atoms with Crippen molar-refractivity contribution in [1.29, 1.82) is 0 Å². The highest BCUT2D eigenvalue weighted by molar-refractivity contribution is 8.01. The molecule has 0 spiro atoms. The molecule has 2 atom stereocenters. The van der Waals surface area contributed by atoms with Gasteiger partial charge in [0.15, 0.2) is 4.34 Å². The predicted octanol–water partition coefficient (Wildman–Crippen LogP) is 4.48. The second-order valence-corrected chi connectivity index (χ2v) is 8.52. The van der Waals surface area contributed by atoms with E-state index in [-0.39, 0.29) is 5.91 Å². The zero-order chi connectivity index (χ0) is 16.9. The number of hydrogen-bond acceptors (Lipinski definition) is 5. The number of rotatable bonds is 6. The minimum atomic E-state index is 0.119. The van der Waals surface area contributed by atoms with Crippen LogP contribution in [0.4, 0.5) is 0 Å². The lowest BCUT2D eigenvalue weighted by atomic mass is 9.86. The Morgan fingerprint density at radius 2 is 2.25 bits per heavy atom. The van der Waals surface area contributed by atoms with Gasteiger partial charge in [-0.3, -0.25) is 4.79 Å². The predicted molar refractivity (Wildman–Crippen MR) is 101 cm³/mol. The summed E-state index contributed by atoms with van der Waals surface area (Å²) in [5.74, 6) is 2.01. The Labute approximate surface area is 151 Å². The van der Waals surface area contributed by atoms with Crippen LogP contribution in [0.15, 0.2) is 22.5 Å². The summed E-state index contributed by atoms with van der Waals surface area (Å²) in [4.78, 5) is 16.8. The highest BCUT2D eigenvalue weighted by Gasteiger charge is 2.22. The zero-order valence-corrected chi connectivity index (χ0v) is 15.8.